The molecule has 0 aromatic heterocycles. The zero-order valence-electron chi connectivity index (χ0n) is 17.8. The van der Waals surface area contributed by atoms with Gasteiger partial charge in [-0.15, -0.1) is 6.58 Å². The zero-order valence-corrected chi connectivity index (χ0v) is 17.8. The highest BCUT2D eigenvalue weighted by molar-refractivity contribution is 6.00. The van der Waals surface area contributed by atoms with Crippen LogP contribution in [-0.2, 0) is 19.1 Å². The molecule has 0 unspecified atom stereocenters. The molecule has 9 heteroatoms. The summed E-state index contributed by atoms with van der Waals surface area (Å²) < 4.78 is 73.4. The summed E-state index contributed by atoms with van der Waals surface area (Å²) in [7, 11) is 0. The van der Waals surface area contributed by atoms with E-state index in [2.05, 4.69) is 6.58 Å². The maximum Gasteiger partial charge on any atom is 0.453 e. The van der Waals surface area contributed by atoms with E-state index in [1.807, 2.05) is 0 Å². The molecule has 30 heavy (non-hydrogen) atoms. The molecule has 0 spiro atoms. The zero-order chi connectivity index (χ0) is 23.3. The number of halogens is 5. The number of alkyl halides is 5. The van der Waals surface area contributed by atoms with Gasteiger partial charge in [0.15, 0.2) is 5.41 Å². The molecule has 0 bridgehead atoms. The maximum absolute atomic E-state index is 13.1. The molecule has 0 N–H and O–H groups in total. The summed E-state index contributed by atoms with van der Waals surface area (Å²) in [5.74, 6) is -6.46. The second-order valence-corrected chi connectivity index (χ2v) is 7.17. The number of hydrogen-bond donors (Lipinski definition) is 0. The van der Waals surface area contributed by atoms with Gasteiger partial charge in [0, 0.05) is 6.42 Å². The summed E-state index contributed by atoms with van der Waals surface area (Å²) in [5, 5.41) is 0. The lowest BCUT2D eigenvalue weighted by atomic mass is 9.77. The smallest absolute Gasteiger partial charge is 0.453 e. The topological polar surface area (TPSA) is 52.6 Å². The predicted octanol–water partition coefficient (Wildman–Crippen LogP) is 6.38. The number of allylic oxidation sites excluding steroid dienone is 1. The van der Waals surface area contributed by atoms with Crippen LogP contribution in [0.4, 0.5) is 22.0 Å². The van der Waals surface area contributed by atoms with Crippen molar-refractivity contribution in [2.45, 2.75) is 90.2 Å². The van der Waals surface area contributed by atoms with Crippen LogP contribution in [0.25, 0.3) is 0 Å². The SMILES string of the molecule is C=CCCCCCCC(CCCCC(F)(F)C(F)(F)F)(C(=O)OCC)C(=O)OCC. The lowest BCUT2D eigenvalue weighted by molar-refractivity contribution is -0.284. The van der Waals surface area contributed by atoms with Gasteiger partial charge in [-0.25, -0.2) is 0 Å². The Bertz CT molecular complexity index is 514. The van der Waals surface area contributed by atoms with Crippen molar-refractivity contribution in [3.05, 3.63) is 12.7 Å². The van der Waals surface area contributed by atoms with Gasteiger partial charge in [0.1, 0.15) is 0 Å². The van der Waals surface area contributed by atoms with Crippen LogP contribution in [0.3, 0.4) is 0 Å². The fourth-order valence-corrected chi connectivity index (χ4v) is 3.14. The standard InChI is InChI=1S/C21H33F5O4/c1-4-7-8-9-10-11-14-19(17(27)29-5-2,18(28)30-6-3)15-12-13-16-20(22,23)21(24,25)26/h4H,1,5-16H2,2-3H3. The second-order valence-electron chi connectivity index (χ2n) is 7.17. The predicted molar refractivity (Wildman–Crippen MR) is 103 cm³/mol. The number of unbranched alkanes of at least 4 members (excludes halogenated alkanes) is 5. The molecule has 0 heterocycles. The third-order valence-electron chi connectivity index (χ3n) is 4.85. The van der Waals surface area contributed by atoms with Crippen molar-refractivity contribution >= 4 is 11.9 Å². The van der Waals surface area contributed by atoms with Crippen molar-refractivity contribution in [2.24, 2.45) is 5.41 Å². The van der Waals surface area contributed by atoms with Gasteiger partial charge in [0.05, 0.1) is 13.2 Å². The highest BCUT2D eigenvalue weighted by Crippen LogP contribution is 2.41. The van der Waals surface area contributed by atoms with Crippen molar-refractivity contribution in [1.82, 2.24) is 0 Å². The van der Waals surface area contributed by atoms with Crippen LogP contribution in [-0.4, -0.2) is 37.3 Å². The largest absolute Gasteiger partial charge is 0.465 e. The van der Waals surface area contributed by atoms with Gasteiger partial charge in [-0.3, -0.25) is 9.59 Å². The molecule has 176 valence electrons. The monoisotopic (exact) mass is 444 g/mol. The van der Waals surface area contributed by atoms with Crippen LogP contribution in [0.1, 0.15) is 78.1 Å². The van der Waals surface area contributed by atoms with Gasteiger partial charge in [0.2, 0.25) is 0 Å². The summed E-state index contributed by atoms with van der Waals surface area (Å²) in [5.41, 5.74) is -1.70. The molecule has 0 aliphatic carbocycles. The summed E-state index contributed by atoms with van der Waals surface area (Å²) in [6, 6.07) is 0. The number of carbonyl (C=O) groups excluding carboxylic acids is 2. The van der Waals surface area contributed by atoms with E-state index in [4.69, 9.17) is 9.47 Å². The average molecular weight is 444 g/mol. The molecule has 0 radical (unpaired) electrons. The molecule has 0 atom stereocenters. The molecule has 0 aromatic carbocycles. The molecule has 0 aromatic rings. The van der Waals surface area contributed by atoms with E-state index in [-0.39, 0.29) is 32.5 Å². The first-order valence-electron chi connectivity index (χ1n) is 10.4. The number of esters is 2. The Morgan fingerprint density at radius 3 is 1.63 bits per heavy atom. The van der Waals surface area contributed by atoms with Crippen molar-refractivity contribution in [3.8, 4) is 0 Å². The van der Waals surface area contributed by atoms with Crippen molar-refractivity contribution in [2.75, 3.05) is 13.2 Å². The minimum atomic E-state index is -5.63. The van der Waals surface area contributed by atoms with Gasteiger partial charge in [-0.05, 0) is 46.0 Å². The molecule has 0 rings (SSSR count). The molecular weight excluding hydrogens is 411 g/mol. The molecule has 0 saturated carbocycles. The Morgan fingerprint density at radius 2 is 1.20 bits per heavy atom. The Hall–Kier alpha value is -1.67. The Morgan fingerprint density at radius 1 is 0.767 bits per heavy atom. The average Bonchev–Trinajstić information content (AvgIpc) is 2.65. The van der Waals surface area contributed by atoms with E-state index in [0.717, 1.165) is 25.7 Å². The van der Waals surface area contributed by atoms with E-state index < -0.39 is 42.3 Å². The maximum atomic E-state index is 13.1. The van der Waals surface area contributed by atoms with E-state index in [9.17, 15) is 31.5 Å². The molecular formula is C21H33F5O4. The number of rotatable bonds is 16. The summed E-state index contributed by atoms with van der Waals surface area (Å²) in [4.78, 5) is 25.3. The normalized spacial score (nSPS) is 12.5. The Balaban J connectivity index is 5.23. The third kappa shape index (κ3) is 9.00. The van der Waals surface area contributed by atoms with Gasteiger partial charge in [-0.1, -0.05) is 31.8 Å². The van der Waals surface area contributed by atoms with E-state index in [1.165, 1.54) is 0 Å². The van der Waals surface area contributed by atoms with E-state index in [0.29, 0.717) is 6.42 Å². The number of hydrogen-bond acceptors (Lipinski definition) is 4. The fourth-order valence-electron chi connectivity index (χ4n) is 3.14. The van der Waals surface area contributed by atoms with Crippen molar-refractivity contribution in [3.63, 3.8) is 0 Å². The van der Waals surface area contributed by atoms with Crippen molar-refractivity contribution in [1.29, 1.82) is 0 Å². The quantitative estimate of drug-likeness (QED) is 0.0911. The van der Waals surface area contributed by atoms with Gasteiger partial charge in [-0.2, -0.15) is 22.0 Å². The molecule has 0 fully saturated rings. The van der Waals surface area contributed by atoms with Crippen LogP contribution in [0.2, 0.25) is 0 Å². The first kappa shape index (κ1) is 28.3. The van der Waals surface area contributed by atoms with E-state index >= 15 is 0 Å². The fraction of sp³-hybridized carbons (Fsp3) is 0.810. The molecule has 0 saturated heterocycles. The summed E-state index contributed by atoms with van der Waals surface area (Å²) in [6.45, 7) is 6.77. The second kappa shape index (κ2) is 13.6. The minimum absolute atomic E-state index is 0.00542. The minimum Gasteiger partial charge on any atom is -0.465 e. The van der Waals surface area contributed by atoms with Crippen LogP contribution < -0.4 is 0 Å². The lowest BCUT2D eigenvalue weighted by Crippen LogP contribution is -2.42. The first-order chi connectivity index (χ1) is 14.0. The molecule has 4 nitrogen and oxygen atoms in total. The van der Waals surface area contributed by atoms with Crippen LogP contribution in [0, 0.1) is 5.41 Å². The molecule has 0 amide bonds. The van der Waals surface area contributed by atoms with Gasteiger partial charge in [0.25, 0.3) is 0 Å². The lowest BCUT2D eigenvalue weighted by Gasteiger charge is -2.29. The number of carbonyl (C=O) groups is 2. The van der Waals surface area contributed by atoms with Crippen LogP contribution in [0.5, 0.6) is 0 Å². The van der Waals surface area contributed by atoms with Crippen LogP contribution >= 0.6 is 0 Å². The molecule has 0 aliphatic rings. The Labute approximate surface area is 175 Å². The summed E-state index contributed by atoms with van der Waals surface area (Å²) in [6.07, 6.45) is -2.20. The van der Waals surface area contributed by atoms with Gasteiger partial charge >= 0.3 is 24.0 Å². The first-order valence-corrected chi connectivity index (χ1v) is 10.4. The van der Waals surface area contributed by atoms with Crippen LogP contribution in [0.15, 0.2) is 12.7 Å². The Kier molecular flexibility index (Phi) is 12.8. The highest BCUT2D eigenvalue weighted by atomic mass is 19.4. The highest BCUT2D eigenvalue weighted by Gasteiger charge is 2.56. The third-order valence-corrected chi connectivity index (χ3v) is 4.85. The van der Waals surface area contributed by atoms with E-state index in [1.54, 1.807) is 19.9 Å². The summed E-state index contributed by atoms with van der Waals surface area (Å²) >= 11 is 0. The van der Waals surface area contributed by atoms with Crippen molar-refractivity contribution < 1.29 is 41.0 Å². The number of ether oxygens (including phenoxy) is 2. The van der Waals surface area contributed by atoms with Gasteiger partial charge < -0.3 is 9.47 Å². The molecule has 0 aliphatic heterocycles.